The molecule has 7 heteroatoms. The third-order valence-corrected chi connectivity index (χ3v) is 3.92. The fourth-order valence-electron chi connectivity index (χ4n) is 2.72. The molecule has 1 fully saturated rings. The van der Waals surface area contributed by atoms with Crippen molar-refractivity contribution in [2.75, 3.05) is 11.9 Å². The zero-order chi connectivity index (χ0) is 14.3. The molecule has 1 atom stereocenters. The third-order valence-electron chi connectivity index (χ3n) is 3.92. The fraction of sp³-hybridized carbons (Fsp3) is 0.429. The van der Waals surface area contributed by atoms with Crippen LogP contribution in [0, 0.1) is 0 Å². The summed E-state index contributed by atoms with van der Waals surface area (Å²) in [4.78, 5) is 23.9. The smallest absolute Gasteiger partial charge is 0.325 e. The lowest BCUT2D eigenvalue weighted by molar-refractivity contribution is -0.117. The van der Waals surface area contributed by atoms with Crippen LogP contribution in [0.5, 0.6) is 0 Å². The highest BCUT2D eigenvalue weighted by Gasteiger charge is 2.22. The third kappa shape index (κ3) is 2.69. The molecule has 1 saturated heterocycles. The maximum absolute atomic E-state index is 12.1. The van der Waals surface area contributed by atoms with Gasteiger partial charge in [-0.05, 0) is 37.6 Å². The summed E-state index contributed by atoms with van der Waals surface area (Å²) in [6.45, 7) is 0.893. The van der Waals surface area contributed by atoms with E-state index in [9.17, 15) is 9.59 Å². The molecule has 21 heavy (non-hydrogen) atoms. The standard InChI is InChI=1S/C14H18N4O2.ClH/c1-17-11-6-5-9(8-12(11)18(2)14(17)20)16-13(19)10-4-3-7-15-10;/h5-6,8,10,15H,3-4,7H2,1-2H3,(H,16,19);1H. The van der Waals surface area contributed by atoms with E-state index in [-0.39, 0.29) is 30.0 Å². The van der Waals surface area contributed by atoms with Crippen molar-refractivity contribution in [1.29, 1.82) is 0 Å². The van der Waals surface area contributed by atoms with Crippen molar-refractivity contribution < 1.29 is 4.79 Å². The highest BCUT2D eigenvalue weighted by Crippen LogP contribution is 2.18. The average Bonchev–Trinajstić information content (AvgIpc) is 3.04. The Kier molecular flexibility index (Phi) is 4.39. The van der Waals surface area contributed by atoms with E-state index in [1.165, 1.54) is 0 Å². The number of carbonyl (C=O) groups excluding carboxylic acids is 1. The van der Waals surface area contributed by atoms with Crippen LogP contribution >= 0.6 is 12.4 Å². The van der Waals surface area contributed by atoms with Crippen LogP contribution in [0.1, 0.15) is 12.8 Å². The topological polar surface area (TPSA) is 68.1 Å². The molecule has 2 heterocycles. The van der Waals surface area contributed by atoms with Gasteiger partial charge in [-0.3, -0.25) is 13.9 Å². The molecule has 0 spiro atoms. The molecular formula is C14H19ClN4O2. The first-order valence-corrected chi connectivity index (χ1v) is 6.77. The predicted octanol–water partition coefficient (Wildman–Crippen LogP) is 0.989. The number of nitrogens with zero attached hydrogens (tertiary/aromatic N) is 2. The summed E-state index contributed by atoms with van der Waals surface area (Å²) < 4.78 is 3.18. The van der Waals surface area contributed by atoms with Gasteiger partial charge in [-0.25, -0.2) is 4.79 Å². The predicted molar refractivity (Wildman–Crippen MR) is 85.1 cm³/mol. The second-order valence-electron chi connectivity index (χ2n) is 5.24. The molecule has 1 unspecified atom stereocenters. The summed E-state index contributed by atoms with van der Waals surface area (Å²) in [5, 5.41) is 6.07. The van der Waals surface area contributed by atoms with Gasteiger partial charge in [0.1, 0.15) is 0 Å². The highest BCUT2D eigenvalue weighted by atomic mass is 35.5. The number of hydrogen-bond donors (Lipinski definition) is 2. The normalized spacial score (nSPS) is 17.7. The van der Waals surface area contributed by atoms with Gasteiger partial charge in [0.2, 0.25) is 5.91 Å². The zero-order valence-corrected chi connectivity index (χ0v) is 12.9. The molecule has 1 aromatic carbocycles. The highest BCUT2D eigenvalue weighted by molar-refractivity contribution is 5.96. The minimum Gasteiger partial charge on any atom is -0.325 e. The summed E-state index contributed by atoms with van der Waals surface area (Å²) in [6, 6.07) is 5.41. The van der Waals surface area contributed by atoms with Gasteiger partial charge < -0.3 is 10.6 Å². The molecule has 114 valence electrons. The van der Waals surface area contributed by atoms with Crippen molar-refractivity contribution in [3.63, 3.8) is 0 Å². The molecule has 2 N–H and O–H groups in total. The van der Waals surface area contributed by atoms with Gasteiger partial charge in [0.25, 0.3) is 0 Å². The van der Waals surface area contributed by atoms with Gasteiger partial charge in [-0.2, -0.15) is 0 Å². The Labute approximate surface area is 128 Å². The number of imidazole rings is 1. The molecule has 0 bridgehead atoms. The van der Waals surface area contributed by atoms with Gasteiger partial charge in [0, 0.05) is 19.8 Å². The van der Waals surface area contributed by atoms with Crippen molar-refractivity contribution in [3.8, 4) is 0 Å². The zero-order valence-electron chi connectivity index (χ0n) is 12.0. The Morgan fingerprint density at radius 3 is 2.67 bits per heavy atom. The SMILES string of the molecule is Cl.Cn1c(=O)n(C)c2cc(NC(=O)C3CCCN3)ccc21. The fourth-order valence-corrected chi connectivity index (χ4v) is 2.72. The van der Waals surface area contributed by atoms with Crippen LogP contribution in [0.4, 0.5) is 5.69 Å². The van der Waals surface area contributed by atoms with Crippen molar-refractivity contribution in [2.45, 2.75) is 18.9 Å². The molecule has 6 nitrogen and oxygen atoms in total. The molecule has 1 aliphatic rings. The van der Waals surface area contributed by atoms with Gasteiger partial charge >= 0.3 is 5.69 Å². The first kappa shape index (κ1) is 15.6. The number of hydrogen-bond acceptors (Lipinski definition) is 3. The Bertz CT molecular complexity index is 728. The van der Waals surface area contributed by atoms with Crippen molar-refractivity contribution in [3.05, 3.63) is 28.7 Å². The first-order valence-electron chi connectivity index (χ1n) is 6.77. The number of carbonyl (C=O) groups is 1. The van der Waals surface area contributed by atoms with Crippen molar-refractivity contribution in [1.82, 2.24) is 14.5 Å². The molecule has 2 aromatic rings. The molecule has 0 aliphatic carbocycles. The van der Waals surface area contributed by atoms with Gasteiger partial charge in [0.15, 0.2) is 0 Å². The summed E-state index contributed by atoms with van der Waals surface area (Å²) in [7, 11) is 3.47. The minimum atomic E-state index is -0.106. The summed E-state index contributed by atoms with van der Waals surface area (Å²) in [6.07, 6.45) is 1.90. The van der Waals surface area contributed by atoms with E-state index in [1.807, 2.05) is 18.2 Å². The summed E-state index contributed by atoms with van der Waals surface area (Å²) >= 11 is 0. The molecule has 1 aliphatic heterocycles. The number of amides is 1. The average molecular weight is 311 g/mol. The second kappa shape index (κ2) is 5.91. The summed E-state index contributed by atoms with van der Waals surface area (Å²) in [5.41, 5.74) is 2.32. The van der Waals surface area contributed by atoms with Crippen molar-refractivity contribution >= 4 is 35.0 Å². The number of anilines is 1. The molecule has 0 radical (unpaired) electrons. The maximum Gasteiger partial charge on any atom is 0.328 e. The molecule has 3 rings (SSSR count). The largest absolute Gasteiger partial charge is 0.328 e. The quantitative estimate of drug-likeness (QED) is 0.869. The Hall–Kier alpha value is -1.79. The van der Waals surface area contributed by atoms with Crippen LogP contribution in [0.25, 0.3) is 11.0 Å². The van der Waals surface area contributed by atoms with Crippen molar-refractivity contribution in [2.24, 2.45) is 14.1 Å². The van der Waals surface area contributed by atoms with Gasteiger partial charge in [-0.1, -0.05) is 0 Å². The van der Waals surface area contributed by atoms with Crippen LogP contribution < -0.4 is 16.3 Å². The molecular weight excluding hydrogens is 292 g/mol. The van der Waals surface area contributed by atoms with Crippen LogP contribution in [-0.4, -0.2) is 27.6 Å². The first-order chi connectivity index (χ1) is 9.58. The van der Waals surface area contributed by atoms with E-state index >= 15 is 0 Å². The van der Waals surface area contributed by atoms with Crippen LogP contribution in [0.3, 0.4) is 0 Å². The van der Waals surface area contributed by atoms with Crippen LogP contribution in [-0.2, 0) is 18.9 Å². The van der Waals surface area contributed by atoms with Gasteiger partial charge in [0.05, 0.1) is 17.1 Å². The lowest BCUT2D eigenvalue weighted by Gasteiger charge is -2.11. The molecule has 1 amide bonds. The van der Waals surface area contributed by atoms with Crippen LogP contribution in [0.15, 0.2) is 23.0 Å². The Morgan fingerprint density at radius 1 is 1.29 bits per heavy atom. The van der Waals surface area contributed by atoms with E-state index in [0.29, 0.717) is 0 Å². The molecule has 0 saturated carbocycles. The number of rotatable bonds is 2. The number of aryl methyl sites for hydroxylation is 2. The number of fused-ring (bicyclic) bond motifs is 1. The summed E-state index contributed by atoms with van der Waals surface area (Å²) in [5.74, 6) is -0.0113. The lowest BCUT2D eigenvalue weighted by atomic mass is 10.2. The van der Waals surface area contributed by atoms with E-state index in [0.717, 1.165) is 36.1 Å². The number of benzene rings is 1. The van der Waals surface area contributed by atoms with E-state index < -0.39 is 0 Å². The minimum absolute atomic E-state index is 0. The second-order valence-corrected chi connectivity index (χ2v) is 5.24. The number of nitrogens with one attached hydrogen (secondary N) is 2. The lowest BCUT2D eigenvalue weighted by Crippen LogP contribution is -2.35. The number of halogens is 1. The molecule has 1 aromatic heterocycles. The van der Waals surface area contributed by atoms with Gasteiger partial charge in [-0.15, -0.1) is 12.4 Å². The van der Waals surface area contributed by atoms with E-state index in [2.05, 4.69) is 10.6 Å². The Balaban J connectivity index is 0.00000161. The number of aromatic nitrogens is 2. The van der Waals surface area contributed by atoms with E-state index in [4.69, 9.17) is 0 Å². The maximum atomic E-state index is 12.1. The Morgan fingerprint density at radius 2 is 2.00 bits per heavy atom. The monoisotopic (exact) mass is 310 g/mol. The van der Waals surface area contributed by atoms with Crippen LogP contribution in [0.2, 0.25) is 0 Å². The van der Waals surface area contributed by atoms with E-state index in [1.54, 1.807) is 23.2 Å².